The summed E-state index contributed by atoms with van der Waals surface area (Å²) in [5.74, 6) is 0.0969. The Labute approximate surface area is 80.1 Å². The van der Waals surface area contributed by atoms with Crippen LogP contribution in [-0.4, -0.2) is 25.3 Å². The van der Waals surface area contributed by atoms with Crippen LogP contribution in [0.3, 0.4) is 0 Å². The van der Waals surface area contributed by atoms with E-state index < -0.39 is 0 Å². The molecule has 0 aliphatic carbocycles. The normalized spacial score (nSPS) is 23.5. The minimum absolute atomic E-state index is 0.0969. The van der Waals surface area contributed by atoms with Crippen LogP contribution in [0.4, 0.5) is 0 Å². The predicted molar refractivity (Wildman–Crippen MR) is 51.2 cm³/mol. The molecule has 0 spiro atoms. The molecule has 1 heterocycles. The SMILES string of the molecule is CC(C#N)CNC1(C)CCOCC1. The van der Waals surface area contributed by atoms with E-state index in [2.05, 4.69) is 18.3 Å². The lowest BCUT2D eigenvalue weighted by Gasteiger charge is -2.35. The third-order valence-corrected chi connectivity index (χ3v) is 2.65. The molecule has 1 atom stereocenters. The molecule has 1 aliphatic rings. The number of rotatable bonds is 3. The summed E-state index contributed by atoms with van der Waals surface area (Å²) in [4.78, 5) is 0. The van der Waals surface area contributed by atoms with Gasteiger partial charge in [-0.05, 0) is 26.7 Å². The standard InChI is InChI=1S/C10H18N2O/c1-9(7-11)8-12-10(2)3-5-13-6-4-10/h9,12H,3-6,8H2,1-2H3. The summed E-state index contributed by atoms with van der Waals surface area (Å²) in [7, 11) is 0. The second-order valence-corrected chi connectivity index (χ2v) is 4.08. The third kappa shape index (κ3) is 3.33. The molecule has 0 saturated carbocycles. The van der Waals surface area contributed by atoms with E-state index in [1.807, 2.05) is 6.92 Å². The first-order valence-electron chi connectivity index (χ1n) is 4.89. The van der Waals surface area contributed by atoms with E-state index in [1.165, 1.54) is 0 Å². The lowest BCUT2D eigenvalue weighted by molar-refractivity contribution is 0.0447. The maximum Gasteiger partial charge on any atom is 0.0666 e. The van der Waals surface area contributed by atoms with Gasteiger partial charge in [0.25, 0.3) is 0 Å². The van der Waals surface area contributed by atoms with Crippen LogP contribution in [0, 0.1) is 17.2 Å². The van der Waals surface area contributed by atoms with Gasteiger partial charge in [0.05, 0.1) is 12.0 Å². The number of nitrogens with zero attached hydrogens (tertiary/aromatic N) is 1. The minimum Gasteiger partial charge on any atom is -0.381 e. The summed E-state index contributed by atoms with van der Waals surface area (Å²) in [5.41, 5.74) is 0.184. The van der Waals surface area contributed by atoms with Gasteiger partial charge in [-0.25, -0.2) is 0 Å². The number of nitrogens with one attached hydrogen (secondary N) is 1. The number of ether oxygens (including phenoxy) is 1. The molecule has 3 heteroatoms. The van der Waals surface area contributed by atoms with E-state index in [1.54, 1.807) is 0 Å². The number of hydrogen-bond donors (Lipinski definition) is 1. The Morgan fingerprint density at radius 1 is 1.54 bits per heavy atom. The zero-order valence-electron chi connectivity index (χ0n) is 8.47. The molecule has 1 N–H and O–H groups in total. The molecule has 0 bridgehead atoms. The van der Waals surface area contributed by atoms with Gasteiger partial charge in [0.2, 0.25) is 0 Å². The van der Waals surface area contributed by atoms with Gasteiger partial charge in [-0.2, -0.15) is 5.26 Å². The second-order valence-electron chi connectivity index (χ2n) is 4.08. The predicted octanol–water partition coefficient (Wildman–Crippen LogP) is 1.30. The molecule has 1 saturated heterocycles. The van der Waals surface area contributed by atoms with E-state index in [4.69, 9.17) is 10.00 Å². The van der Waals surface area contributed by atoms with Crippen molar-refractivity contribution in [3.8, 4) is 6.07 Å². The van der Waals surface area contributed by atoms with Crippen LogP contribution in [-0.2, 0) is 4.74 Å². The first-order valence-corrected chi connectivity index (χ1v) is 4.89. The Hall–Kier alpha value is -0.590. The van der Waals surface area contributed by atoms with E-state index in [9.17, 15) is 0 Å². The summed E-state index contributed by atoms with van der Waals surface area (Å²) in [6.45, 7) is 6.61. The Balaban J connectivity index is 2.29. The molecule has 1 rings (SSSR count). The molecular formula is C10H18N2O. The van der Waals surface area contributed by atoms with E-state index in [0.29, 0.717) is 0 Å². The quantitative estimate of drug-likeness (QED) is 0.715. The van der Waals surface area contributed by atoms with Gasteiger partial charge in [-0.1, -0.05) is 0 Å². The van der Waals surface area contributed by atoms with Crippen LogP contribution >= 0.6 is 0 Å². The number of hydrogen-bond acceptors (Lipinski definition) is 3. The maximum absolute atomic E-state index is 8.63. The molecule has 0 aromatic carbocycles. The van der Waals surface area contributed by atoms with Crippen LogP contribution in [0.25, 0.3) is 0 Å². The van der Waals surface area contributed by atoms with Crippen molar-refractivity contribution in [1.29, 1.82) is 5.26 Å². The van der Waals surface area contributed by atoms with Gasteiger partial charge in [-0.15, -0.1) is 0 Å². The lowest BCUT2D eigenvalue weighted by atomic mass is 9.92. The van der Waals surface area contributed by atoms with Crippen molar-refractivity contribution in [2.75, 3.05) is 19.8 Å². The highest BCUT2D eigenvalue weighted by molar-refractivity contribution is 4.89. The fraction of sp³-hybridized carbons (Fsp3) is 0.900. The highest BCUT2D eigenvalue weighted by Crippen LogP contribution is 2.19. The number of nitriles is 1. The van der Waals surface area contributed by atoms with Gasteiger partial charge < -0.3 is 10.1 Å². The molecule has 1 aliphatic heterocycles. The molecule has 0 amide bonds. The monoisotopic (exact) mass is 182 g/mol. The first-order chi connectivity index (χ1) is 6.16. The van der Waals surface area contributed by atoms with Crippen molar-refractivity contribution in [2.45, 2.75) is 32.2 Å². The van der Waals surface area contributed by atoms with Crippen LogP contribution < -0.4 is 5.32 Å². The van der Waals surface area contributed by atoms with Gasteiger partial charge in [0.15, 0.2) is 0 Å². The van der Waals surface area contributed by atoms with E-state index in [-0.39, 0.29) is 11.5 Å². The fourth-order valence-corrected chi connectivity index (χ4v) is 1.44. The van der Waals surface area contributed by atoms with Crippen LogP contribution in [0.15, 0.2) is 0 Å². The molecule has 1 unspecified atom stereocenters. The smallest absolute Gasteiger partial charge is 0.0666 e. The average Bonchev–Trinajstić information content (AvgIpc) is 2.15. The summed E-state index contributed by atoms with van der Waals surface area (Å²) in [6.07, 6.45) is 2.09. The Morgan fingerprint density at radius 3 is 2.69 bits per heavy atom. The van der Waals surface area contributed by atoms with Crippen molar-refractivity contribution < 1.29 is 4.74 Å². The van der Waals surface area contributed by atoms with Gasteiger partial charge >= 0.3 is 0 Å². The summed E-state index contributed by atoms with van der Waals surface area (Å²) in [6, 6.07) is 2.23. The maximum atomic E-state index is 8.63. The van der Waals surface area contributed by atoms with Crippen molar-refractivity contribution in [2.24, 2.45) is 5.92 Å². The third-order valence-electron chi connectivity index (χ3n) is 2.65. The Kier molecular flexibility index (Phi) is 3.71. The molecule has 13 heavy (non-hydrogen) atoms. The van der Waals surface area contributed by atoms with Gasteiger partial charge in [0, 0.05) is 25.3 Å². The molecule has 0 radical (unpaired) electrons. The average molecular weight is 182 g/mol. The van der Waals surface area contributed by atoms with Crippen LogP contribution in [0.1, 0.15) is 26.7 Å². The van der Waals surface area contributed by atoms with Gasteiger partial charge in [-0.3, -0.25) is 0 Å². The fourth-order valence-electron chi connectivity index (χ4n) is 1.44. The van der Waals surface area contributed by atoms with Crippen molar-refractivity contribution in [3.63, 3.8) is 0 Å². The zero-order chi connectivity index (χ0) is 9.73. The Morgan fingerprint density at radius 2 is 2.15 bits per heavy atom. The molecule has 0 aromatic rings. The largest absolute Gasteiger partial charge is 0.381 e. The molecular weight excluding hydrogens is 164 g/mol. The highest BCUT2D eigenvalue weighted by Gasteiger charge is 2.26. The van der Waals surface area contributed by atoms with Crippen molar-refractivity contribution >= 4 is 0 Å². The molecule has 74 valence electrons. The van der Waals surface area contributed by atoms with Crippen LogP contribution in [0.2, 0.25) is 0 Å². The minimum atomic E-state index is 0.0969. The summed E-state index contributed by atoms with van der Waals surface area (Å²) in [5, 5.41) is 12.1. The van der Waals surface area contributed by atoms with Gasteiger partial charge in [0.1, 0.15) is 0 Å². The summed E-state index contributed by atoms with van der Waals surface area (Å²) >= 11 is 0. The molecule has 1 fully saturated rings. The van der Waals surface area contributed by atoms with Crippen molar-refractivity contribution in [3.05, 3.63) is 0 Å². The first kappa shape index (κ1) is 10.5. The lowest BCUT2D eigenvalue weighted by Crippen LogP contribution is -2.48. The second kappa shape index (κ2) is 4.59. The summed E-state index contributed by atoms with van der Waals surface area (Å²) < 4.78 is 5.29. The van der Waals surface area contributed by atoms with Crippen molar-refractivity contribution in [1.82, 2.24) is 5.32 Å². The Bertz CT molecular complexity index is 192. The van der Waals surface area contributed by atoms with Crippen LogP contribution in [0.5, 0.6) is 0 Å². The zero-order valence-corrected chi connectivity index (χ0v) is 8.47. The molecule has 3 nitrogen and oxygen atoms in total. The van der Waals surface area contributed by atoms with E-state index >= 15 is 0 Å². The topological polar surface area (TPSA) is 45.0 Å². The highest BCUT2D eigenvalue weighted by atomic mass is 16.5. The van der Waals surface area contributed by atoms with E-state index in [0.717, 1.165) is 32.6 Å². The molecule has 0 aromatic heterocycles.